The Bertz CT molecular complexity index is 97.4. The Morgan fingerprint density at radius 2 is 2.00 bits per heavy atom. The number of rotatable bonds is 4. The summed E-state index contributed by atoms with van der Waals surface area (Å²) in [7, 11) is 0. The Labute approximate surface area is 63.3 Å². The molecule has 0 unspecified atom stereocenters. The zero-order valence-electron chi connectivity index (χ0n) is 6.88. The van der Waals surface area contributed by atoms with Gasteiger partial charge in [-0.25, -0.2) is 0 Å². The highest BCUT2D eigenvalue weighted by Gasteiger charge is 2.04. The molecule has 0 radical (unpaired) electrons. The molecular formula is C8H18N2. The number of hydrogen-bond acceptors (Lipinski definition) is 2. The van der Waals surface area contributed by atoms with E-state index in [0.717, 1.165) is 12.8 Å². The van der Waals surface area contributed by atoms with Crippen molar-refractivity contribution in [3.63, 3.8) is 0 Å². The third-order valence-electron chi connectivity index (χ3n) is 1.58. The van der Waals surface area contributed by atoms with Gasteiger partial charge < -0.3 is 11.5 Å². The molecule has 2 nitrogen and oxygen atoms in total. The van der Waals surface area contributed by atoms with E-state index in [4.69, 9.17) is 11.5 Å². The average Bonchev–Trinajstić information content (AvgIpc) is 1.88. The zero-order chi connectivity index (χ0) is 7.98. The van der Waals surface area contributed by atoms with Crippen LogP contribution in [-0.2, 0) is 0 Å². The van der Waals surface area contributed by atoms with Crippen LogP contribution in [0.5, 0.6) is 0 Å². The van der Waals surface area contributed by atoms with Gasteiger partial charge in [0.2, 0.25) is 0 Å². The molecule has 0 amide bonds. The lowest BCUT2D eigenvalue weighted by atomic mass is 10.1. The van der Waals surface area contributed by atoms with E-state index in [1.807, 2.05) is 19.9 Å². The van der Waals surface area contributed by atoms with Gasteiger partial charge >= 0.3 is 0 Å². The number of allylic oxidation sites excluding steroid dienone is 2. The normalized spacial score (nSPS) is 17.6. The van der Waals surface area contributed by atoms with Crippen LogP contribution in [0, 0.1) is 0 Å². The van der Waals surface area contributed by atoms with Crippen molar-refractivity contribution in [1.29, 1.82) is 0 Å². The first-order valence-electron chi connectivity index (χ1n) is 3.80. The highest BCUT2D eigenvalue weighted by atomic mass is 14.8. The maximum Gasteiger partial charge on any atom is 0.0192 e. The smallest absolute Gasteiger partial charge is 0.0192 e. The topological polar surface area (TPSA) is 52.0 Å². The van der Waals surface area contributed by atoms with E-state index in [1.54, 1.807) is 0 Å². The first-order chi connectivity index (χ1) is 4.68. The van der Waals surface area contributed by atoms with Crippen LogP contribution in [0.15, 0.2) is 12.2 Å². The van der Waals surface area contributed by atoms with Gasteiger partial charge in [-0.05, 0) is 26.7 Å². The first-order valence-corrected chi connectivity index (χ1v) is 3.80. The van der Waals surface area contributed by atoms with Crippen molar-refractivity contribution >= 4 is 0 Å². The van der Waals surface area contributed by atoms with Gasteiger partial charge in [0.05, 0.1) is 0 Å². The summed E-state index contributed by atoms with van der Waals surface area (Å²) in [5.41, 5.74) is 11.3. The van der Waals surface area contributed by atoms with Gasteiger partial charge in [-0.2, -0.15) is 0 Å². The largest absolute Gasteiger partial charge is 0.327 e. The molecule has 0 rings (SSSR count). The fraction of sp³-hybridized carbons (Fsp3) is 0.750. The Hall–Kier alpha value is -0.340. The molecule has 0 saturated carbocycles. The van der Waals surface area contributed by atoms with Gasteiger partial charge in [-0.1, -0.05) is 12.2 Å². The first kappa shape index (κ1) is 9.66. The quantitative estimate of drug-likeness (QED) is 0.576. The van der Waals surface area contributed by atoms with E-state index in [2.05, 4.69) is 6.08 Å². The van der Waals surface area contributed by atoms with E-state index in [-0.39, 0.29) is 12.1 Å². The van der Waals surface area contributed by atoms with Crippen LogP contribution in [0.1, 0.15) is 26.7 Å². The highest BCUT2D eigenvalue weighted by molar-refractivity contribution is 4.81. The fourth-order valence-electron chi connectivity index (χ4n) is 0.718. The van der Waals surface area contributed by atoms with E-state index in [9.17, 15) is 0 Å². The molecule has 0 aliphatic carbocycles. The highest BCUT2D eigenvalue weighted by Crippen LogP contribution is 1.98. The summed E-state index contributed by atoms with van der Waals surface area (Å²) >= 11 is 0. The van der Waals surface area contributed by atoms with Crippen molar-refractivity contribution in [3.05, 3.63) is 12.2 Å². The van der Waals surface area contributed by atoms with Crippen molar-refractivity contribution in [3.8, 4) is 0 Å². The summed E-state index contributed by atoms with van der Waals surface area (Å²) in [5, 5.41) is 0. The van der Waals surface area contributed by atoms with E-state index in [1.165, 1.54) is 0 Å². The molecule has 0 fully saturated rings. The van der Waals surface area contributed by atoms with Gasteiger partial charge in [0.1, 0.15) is 0 Å². The van der Waals surface area contributed by atoms with Crippen LogP contribution >= 0.6 is 0 Å². The minimum Gasteiger partial charge on any atom is -0.327 e. The molecule has 0 aliphatic heterocycles. The van der Waals surface area contributed by atoms with Crippen molar-refractivity contribution in [1.82, 2.24) is 0 Å². The summed E-state index contributed by atoms with van der Waals surface area (Å²) < 4.78 is 0. The predicted octanol–water partition coefficient (Wildman–Crippen LogP) is 1.02. The molecule has 0 aromatic heterocycles. The Balaban J connectivity index is 3.30. The molecule has 0 bridgehead atoms. The van der Waals surface area contributed by atoms with Gasteiger partial charge in [0, 0.05) is 12.1 Å². The minimum atomic E-state index is 0.116. The molecule has 4 N–H and O–H groups in total. The fourth-order valence-corrected chi connectivity index (χ4v) is 0.718. The molecule has 0 spiro atoms. The van der Waals surface area contributed by atoms with Crippen molar-refractivity contribution in [2.75, 3.05) is 0 Å². The molecule has 60 valence electrons. The van der Waals surface area contributed by atoms with Crippen LogP contribution in [0.2, 0.25) is 0 Å². The molecule has 2 heteroatoms. The monoisotopic (exact) mass is 142 g/mol. The van der Waals surface area contributed by atoms with Crippen LogP contribution < -0.4 is 11.5 Å². The number of hydrogen-bond donors (Lipinski definition) is 2. The lowest BCUT2D eigenvalue weighted by Gasteiger charge is -2.13. The molecule has 0 aromatic rings. The molecule has 0 saturated heterocycles. The number of nitrogens with two attached hydrogens (primary N) is 2. The second-order valence-electron chi connectivity index (χ2n) is 2.67. The van der Waals surface area contributed by atoms with Crippen LogP contribution in [0.3, 0.4) is 0 Å². The zero-order valence-corrected chi connectivity index (χ0v) is 6.88. The van der Waals surface area contributed by atoms with E-state index < -0.39 is 0 Å². The Kier molecular flexibility index (Phi) is 5.26. The third-order valence-corrected chi connectivity index (χ3v) is 1.58. The summed E-state index contributed by atoms with van der Waals surface area (Å²) in [5.74, 6) is 0. The summed E-state index contributed by atoms with van der Waals surface area (Å²) in [6.45, 7) is 3.96. The van der Waals surface area contributed by atoms with Gasteiger partial charge in [0.15, 0.2) is 0 Å². The molecular weight excluding hydrogens is 124 g/mol. The van der Waals surface area contributed by atoms with Crippen LogP contribution in [-0.4, -0.2) is 12.1 Å². The summed E-state index contributed by atoms with van der Waals surface area (Å²) in [6.07, 6.45) is 6.18. The standard InChI is InChI=1S/C8H18N2/c1-3-4-5-6-8(10)7(2)9/h3-4,7-8H,5-6,9-10H2,1-2H3/b4-3+/t7-,8+/m0/s1. The second kappa shape index (κ2) is 5.45. The molecule has 10 heavy (non-hydrogen) atoms. The predicted molar refractivity (Wildman–Crippen MR) is 45.7 cm³/mol. The maximum absolute atomic E-state index is 5.70. The van der Waals surface area contributed by atoms with Crippen LogP contribution in [0.4, 0.5) is 0 Å². The minimum absolute atomic E-state index is 0.116. The third kappa shape index (κ3) is 4.53. The van der Waals surface area contributed by atoms with Crippen LogP contribution in [0.25, 0.3) is 0 Å². The second-order valence-corrected chi connectivity index (χ2v) is 2.67. The van der Waals surface area contributed by atoms with Crippen molar-refractivity contribution in [2.24, 2.45) is 11.5 Å². The van der Waals surface area contributed by atoms with Crippen molar-refractivity contribution in [2.45, 2.75) is 38.8 Å². The molecule has 0 heterocycles. The molecule has 0 aliphatic rings. The lowest BCUT2D eigenvalue weighted by Crippen LogP contribution is -2.38. The maximum atomic E-state index is 5.70. The Morgan fingerprint density at radius 1 is 1.40 bits per heavy atom. The molecule has 2 atom stereocenters. The lowest BCUT2D eigenvalue weighted by molar-refractivity contribution is 0.528. The average molecular weight is 142 g/mol. The summed E-state index contributed by atoms with van der Waals surface area (Å²) in [4.78, 5) is 0. The summed E-state index contributed by atoms with van der Waals surface area (Å²) in [6, 6.07) is 0.265. The Morgan fingerprint density at radius 3 is 2.40 bits per heavy atom. The van der Waals surface area contributed by atoms with Crippen molar-refractivity contribution < 1.29 is 0 Å². The van der Waals surface area contributed by atoms with E-state index >= 15 is 0 Å². The van der Waals surface area contributed by atoms with E-state index in [0.29, 0.717) is 0 Å². The van der Waals surface area contributed by atoms with Gasteiger partial charge in [0.25, 0.3) is 0 Å². The van der Waals surface area contributed by atoms with Gasteiger partial charge in [-0.3, -0.25) is 0 Å². The van der Waals surface area contributed by atoms with Gasteiger partial charge in [-0.15, -0.1) is 0 Å². The molecule has 0 aromatic carbocycles. The SMILES string of the molecule is C/C=C/CC[C@@H](N)[C@H](C)N.